The molecule has 5 rings (SSSR count). The maximum absolute atomic E-state index is 14.5. The summed E-state index contributed by atoms with van der Waals surface area (Å²) >= 11 is 0. The fourth-order valence-corrected chi connectivity index (χ4v) is 5.42. The van der Waals surface area contributed by atoms with Crippen molar-refractivity contribution in [2.75, 3.05) is 19.5 Å². The zero-order valence-electron chi connectivity index (χ0n) is 20.1. The number of rotatable bonds is 7. The van der Waals surface area contributed by atoms with Gasteiger partial charge < -0.3 is 14.2 Å². The van der Waals surface area contributed by atoms with Crippen molar-refractivity contribution in [2.45, 2.75) is 49.4 Å². The van der Waals surface area contributed by atoms with Crippen LogP contribution in [-0.4, -0.2) is 60.9 Å². The molecule has 3 atom stereocenters. The molecule has 2 saturated heterocycles. The average molecular weight is 514 g/mol. The molecule has 0 spiro atoms. The Morgan fingerprint density at radius 1 is 1.06 bits per heavy atom. The topological polar surface area (TPSA) is 90.9 Å². The first-order valence-corrected chi connectivity index (χ1v) is 13.7. The first-order valence-electron chi connectivity index (χ1n) is 11.8. The summed E-state index contributed by atoms with van der Waals surface area (Å²) in [5, 5.41) is 0. The fourth-order valence-electron chi connectivity index (χ4n) is 4.79. The molecular weight excluding hydrogens is 485 g/mol. The van der Waals surface area contributed by atoms with Gasteiger partial charge in [-0.1, -0.05) is 30.3 Å². The van der Waals surface area contributed by atoms with Gasteiger partial charge in [-0.05, 0) is 30.7 Å². The largest absolute Gasteiger partial charge is 0.474 e. The van der Waals surface area contributed by atoms with Gasteiger partial charge in [0.1, 0.15) is 12.4 Å². The van der Waals surface area contributed by atoms with Gasteiger partial charge in [0, 0.05) is 37.7 Å². The van der Waals surface area contributed by atoms with Gasteiger partial charge in [0.05, 0.1) is 23.7 Å². The zero-order valence-corrected chi connectivity index (χ0v) is 20.9. The van der Waals surface area contributed by atoms with E-state index in [1.807, 2.05) is 6.07 Å². The maximum Gasteiger partial charge on any atom is 0.229 e. The minimum absolute atomic E-state index is 0.0526. The SMILES string of the molecule is Cc1c(Oc2ccc(S(C)(=O)=O)cc2F)ncnc1OC1CC2COC[C@@H](C1)N2Cc1ccccc1. The molecule has 2 unspecified atom stereocenters. The van der Waals surface area contributed by atoms with E-state index in [1.165, 1.54) is 24.0 Å². The molecule has 2 bridgehead atoms. The molecule has 190 valence electrons. The number of hydrogen-bond donors (Lipinski definition) is 0. The molecule has 0 aliphatic carbocycles. The Morgan fingerprint density at radius 2 is 1.75 bits per heavy atom. The number of ether oxygens (including phenoxy) is 3. The number of morpholine rings is 1. The Bertz CT molecular complexity index is 1320. The second-order valence-electron chi connectivity index (χ2n) is 9.29. The first-order chi connectivity index (χ1) is 17.3. The van der Waals surface area contributed by atoms with Crippen molar-refractivity contribution in [1.29, 1.82) is 0 Å². The van der Waals surface area contributed by atoms with Crippen LogP contribution in [0.2, 0.25) is 0 Å². The summed E-state index contributed by atoms with van der Waals surface area (Å²) in [6.07, 6.45) is 3.87. The summed E-state index contributed by atoms with van der Waals surface area (Å²) in [5.41, 5.74) is 1.82. The van der Waals surface area contributed by atoms with Crippen LogP contribution in [0.3, 0.4) is 0 Å². The van der Waals surface area contributed by atoms with E-state index in [4.69, 9.17) is 14.2 Å². The molecular formula is C26H28FN3O5S. The normalized spacial score (nSPS) is 22.2. The van der Waals surface area contributed by atoms with Crippen molar-refractivity contribution in [3.8, 4) is 17.5 Å². The van der Waals surface area contributed by atoms with E-state index in [0.29, 0.717) is 24.7 Å². The summed E-state index contributed by atoms with van der Waals surface area (Å²) in [4.78, 5) is 10.8. The second kappa shape index (κ2) is 10.1. The molecule has 0 radical (unpaired) electrons. The lowest BCUT2D eigenvalue weighted by atomic mass is 9.91. The van der Waals surface area contributed by atoms with E-state index >= 15 is 0 Å². The van der Waals surface area contributed by atoms with Crippen LogP contribution in [0, 0.1) is 12.7 Å². The molecule has 3 heterocycles. The molecule has 0 amide bonds. The van der Waals surface area contributed by atoms with Crippen molar-refractivity contribution in [1.82, 2.24) is 14.9 Å². The minimum Gasteiger partial charge on any atom is -0.474 e. The second-order valence-corrected chi connectivity index (χ2v) is 11.3. The van der Waals surface area contributed by atoms with Gasteiger partial charge in [0.2, 0.25) is 11.8 Å². The lowest BCUT2D eigenvalue weighted by molar-refractivity contribution is -0.104. The zero-order chi connectivity index (χ0) is 25.3. The van der Waals surface area contributed by atoms with E-state index in [-0.39, 0.29) is 34.7 Å². The quantitative estimate of drug-likeness (QED) is 0.470. The fraction of sp³-hybridized carbons (Fsp3) is 0.385. The minimum atomic E-state index is -3.53. The van der Waals surface area contributed by atoms with Crippen LogP contribution in [0.5, 0.6) is 17.5 Å². The predicted molar refractivity (Wildman–Crippen MR) is 130 cm³/mol. The smallest absolute Gasteiger partial charge is 0.229 e. The highest BCUT2D eigenvalue weighted by Gasteiger charge is 2.40. The van der Waals surface area contributed by atoms with Gasteiger partial charge in [-0.3, -0.25) is 4.90 Å². The van der Waals surface area contributed by atoms with Crippen LogP contribution in [0.15, 0.2) is 59.8 Å². The van der Waals surface area contributed by atoms with Crippen molar-refractivity contribution in [2.24, 2.45) is 0 Å². The number of hydrogen-bond acceptors (Lipinski definition) is 8. The molecule has 3 aromatic rings. The van der Waals surface area contributed by atoms with Crippen LogP contribution in [0.4, 0.5) is 4.39 Å². The van der Waals surface area contributed by atoms with Crippen molar-refractivity contribution < 1.29 is 27.0 Å². The van der Waals surface area contributed by atoms with Gasteiger partial charge in [-0.25, -0.2) is 22.8 Å². The monoisotopic (exact) mass is 513 g/mol. The van der Waals surface area contributed by atoms with Crippen LogP contribution in [-0.2, 0) is 21.1 Å². The molecule has 2 fully saturated rings. The van der Waals surface area contributed by atoms with Gasteiger partial charge in [-0.15, -0.1) is 0 Å². The summed E-state index contributed by atoms with van der Waals surface area (Å²) in [6, 6.07) is 14.4. The Labute approximate surface area is 210 Å². The standard InChI is InChI=1S/C26H28FN3O5S/c1-17-25(28-16-29-26(17)35-24-9-8-22(12-23(24)27)36(2,31)32)34-21-10-19-14-33-15-20(11-21)30(19)13-18-6-4-3-5-7-18/h3-9,12,16,19-21H,10-11,13-15H2,1-2H3/t19-,20?,21?/m1/s1. The van der Waals surface area contributed by atoms with Gasteiger partial charge in [0.15, 0.2) is 21.4 Å². The van der Waals surface area contributed by atoms with E-state index in [9.17, 15) is 12.8 Å². The van der Waals surface area contributed by atoms with Crippen LogP contribution in [0.1, 0.15) is 24.0 Å². The Hall–Kier alpha value is -3.08. The molecule has 10 heteroatoms. The maximum atomic E-state index is 14.5. The molecule has 2 aromatic carbocycles. The highest BCUT2D eigenvalue weighted by Crippen LogP contribution is 2.34. The summed E-state index contributed by atoms with van der Waals surface area (Å²) in [5.74, 6) is -0.391. The van der Waals surface area contributed by atoms with Crippen LogP contribution < -0.4 is 9.47 Å². The first kappa shape index (κ1) is 24.6. The third-order valence-electron chi connectivity index (χ3n) is 6.64. The third kappa shape index (κ3) is 5.35. The number of halogens is 1. The number of benzene rings is 2. The molecule has 0 saturated carbocycles. The van der Waals surface area contributed by atoms with Crippen molar-refractivity contribution in [3.63, 3.8) is 0 Å². The van der Waals surface area contributed by atoms with Gasteiger partial charge in [0.25, 0.3) is 0 Å². The van der Waals surface area contributed by atoms with E-state index < -0.39 is 15.7 Å². The average Bonchev–Trinajstić information content (AvgIpc) is 2.83. The Kier molecular flexibility index (Phi) is 6.92. The third-order valence-corrected chi connectivity index (χ3v) is 7.75. The molecule has 8 nitrogen and oxygen atoms in total. The lowest BCUT2D eigenvalue weighted by Crippen LogP contribution is -2.58. The number of sulfone groups is 1. The van der Waals surface area contributed by atoms with Crippen LogP contribution in [0.25, 0.3) is 0 Å². The number of piperidine rings is 1. The number of fused-ring (bicyclic) bond motifs is 2. The van der Waals surface area contributed by atoms with Crippen LogP contribution >= 0.6 is 0 Å². The van der Waals surface area contributed by atoms with Gasteiger partial charge in [-0.2, -0.15) is 0 Å². The Balaban J connectivity index is 1.29. The Morgan fingerprint density at radius 3 is 2.42 bits per heavy atom. The highest BCUT2D eigenvalue weighted by atomic mass is 32.2. The molecule has 36 heavy (non-hydrogen) atoms. The van der Waals surface area contributed by atoms with E-state index in [1.54, 1.807) is 6.92 Å². The van der Waals surface area contributed by atoms with E-state index in [2.05, 4.69) is 39.1 Å². The van der Waals surface area contributed by atoms with Gasteiger partial charge >= 0.3 is 0 Å². The highest BCUT2D eigenvalue weighted by molar-refractivity contribution is 7.90. The lowest BCUT2D eigenvalue weighted by Gasteiger charge is -2.48. The summed E-state index contributed by atoms with van der Waals surface area (Å²) in [6.45, 7) is 3.94. The number of aromatic nitrogens is 2. The summed E-state index contributed by atoms with van der Waals surface area (Å²) < 4.78 is 55.7. The molecule has 2 aliphatic rings. The molecule has 1 aromatic heterocycles. The number of nitrogens with zero attached hydrogens (tertiary/aromatic N) is 3. The van der Waals surface area contributed by atoms with Crippen molar-refractivity contribution in [3.05, 3.63) is 71.8 Å². The molecule has 2 aliphatic heterocycles. The molecule has 0 N–H and O–H groups in total. The predicted octanol–water partition coefficient (Wildman–Crippen LogP) is 3.93. The van der Waals surface area contributed by atoms with E-state index in [0.717, 1.165) is 31.7 Å². The summed E-state index contributed by atoms with van der Waals surface area (Å²) in [7, 11) is -3.53. The van der Waals surface area contributed by atoms with Crippen molar-refractivity contribution >= 4 is 9.84 Å².